The summed E-state index contributed by atoms with van der Waals surface area (Å²) in [6.45, 7) is 12.0. The maximum absolute atomic E-state index is 10.8. The minimum absolute atomic E-state index is 0.0613. The Bertz CT molecular complexity index is 363. The van der Waals surface area contributed by atoms with Gasteiger partial charge in [-0.3, -0.25) is 0 Å². The molecule has 0 radical (unpaired) electrons. The molecule has 0 bridgehead atoms. The van der Waals surface area contributed by atoms with E-state index in [4.69, 9.17) is 5.11 Å². The minimum atomic E-state index is -0.179. The molecule has 17 heavy (non-hydrogen) atoms. The summed E-state index contributed by atoms with van der Waals surface area (Å²) in [6.07, 6.45) is 4.76. The summed E-state index contributed by atoms with van der Waals surface area (Å²) in [5.74, 6) is 2.36. The molecule has 2 nitrogen and oxygen atoms in total. The topological polar surface area (TPSA) is 37.3 Å². The standard InChI is InChI=1S/C15H22O2/c1-5-15(4)7-6-12(13(9-16)10-17)8-14(15)11(2)3/h5,12,14,16H,1-2,6-9H2,3-4H3. The summed E-state index contributed by atoms with van der Waals surface area (Å²) in [7, 11) is 0. The molecule has 1 saturated carbocycles. The van der Waals surface area contributed by atoms with E-state index in [0.717, 1.165) is 24.8 Å². The van der Waals surface area contributed by atoms with Gasteiger partial charge in [-0.25, -0.2) is 4.79 Å². The van der Waals surface area contributed by atoms with Crippen LogP contribution in [0.5, 0.6) is 0 Å². The number of hydrogen-bond donors (Lipinski definition) is 1. The fourth-order valence-electron chi connectivity index (χ4n) is 2.90. The zero-order chi connectivity index (χ0) is 13.1. The second-order valence-electron chi connectivity index (χ2n) is 5.37. The molecule has 1 aliphatic carbocycles. The van der Waals surface area contributed by atoms with Crippen LogP contribution in [0.25, 0.3) is 0 Å². The first-order valence-corrected chi connectivity index (χ1v) is 6.12. The molecule has 0 aromatic heterocycles. The lowest BCUT2D eigenvalue weighted by Gasteiger charge is -2.43. The SMILES string of the molecule is C=CC1(C)CCC(C(=C=O)CO)CC1C(=C)C. The van der Waals surface area contributed by atoms with Crippen LogP contribution < -0.4 is 0 Å². The Balaban J connectivity index is 2.94. The summed E-state index contributed by atoms with van der Waals surface area (Å²) in [6, 6.07) is 0. The minimum Gasteiger partial charge on any atom is -0.391 e. The van der Waals surface area contributed by atoms with Crippen LogP contribution >= 0.6 is 0 Å². The predicted octanol–water partition coefficient (Wildman–Crippen LogP) is 2.92. The van der Waals surface area contributed by atoms with Crippen LogP contribution in [0.3, 0.4) is 0 Å². The van der Waals surface area contributed by atoms with Gasteiger partial charge in [0.25, 0.3) is 0 Å². The average molecular weight is 234 g/mol. The zero-order valence-electron chi connectivity index (χ0n) is 10.8. The first-order valence-electron chi connectivity index (χ1n) is 6.12. The monoisotopic (exact) mass is 234 g/mol. The highest BCUT2D eigenvalue weighted by Gasteiger charge is 2.39. The highest BCUT2D eigenvalue weighted by Crippen LogP contribution is 2.48. The molecule has 3 unspecified atom stereocenters. The molecule has 94 valence electrons. The molecule has 0 heterocycles. The highest BCUT2D eigenvalue weighted by atomic mass is 16.3. The fraction of sp³-hybridized carbons (Fsp3) is 0.600. The normalized spacial score (nSPS) is 32.6. The van der Waals surface area contributed by atoms with Crippen LogP contribution in [-0.4, -0.2) is 17.7 Å². The van der Waals surface area contributed by atoms with Crippen molar-refractivity contribution in [1.29, 1.82) is 0 Å². The van der Waals surface area contributed by atoms with Gasteiger partial charge in [0, 0.05) is 5.57 Å². The molecule has 1 N–H and O–H groups in total. The molecule has 0 spiro atoms. The maximum atomic E-state index is 10.8. The Hall–Kier alpha value is -1.11. The number of rotatable bonds is 4. The van der Waals surface area contributed by atoms with E-state index in [1.54, 1.807) is 0 Å². The molecule has 1 fully saturated rings. The third-order valence-electron chi connectivity index (χ3n) is 4.20. The average Bonchev–Trinajstić information content (AvgIpc) is 2.32. The van der Waals surface area contributed by atoms with Gasteiger partial charge in [0.2, 0.25) is 0 Å². The van der Waals surface area contributed by atoms with E-state index in [1.165, 1.54) is 0 Å². The van der Waals surface area contributed by atoms with Crippen LogP contribution in [0.1, 0.15) is 33.1 Å². The van der Waals surface area contributed by atoms with Crippen LogP contribution in [0.15, 0.2) is 30.4 Å². The highest BCUT2D eigenvalue weighted by molar-refractivity contribution is 5.53. The molecule has 0 aliphatic heterocycles. The van der Waals surface area contributed by atoms with Gasteiger partial charge >= 0.3 is 0 Å². The lowest BCUT2D eigenvalue weighted by Crippen LogP contribution is -2.34. The number of allylic oxidation sites excluding steroid dienone is 2. The summed E-state index contributed by atoms with van der Waals surface area (Å²) in [5.41, 5.74) is 1.69. The largest absolute Gasteiger partial charge is 0.391 e. The van der Waals surface area contributed by atoms with Crippen molar-refractivity contribution < 1.29 is 9.90 Å². The third kappa shape index (κ3) is 2.77. The van der Waals surface area contributed by atoms with Gasteiger partial charge < -0.3 is 5.11 Å². The fourth-order valence-corrected chi connectivity index (χ4v) is 2.90. The summed E-state index contributed by atoms with van der Waals surface area (Å²) >= 11 is 0. The maximum Gasteiger partial charge on any atom is 0.126 e. The third-order valence-corrected chi connectivity index (χ3v) is 4.20. The molecule has 3 atom stereocenters. The van der Waals surface area contributed by atoms with Gasteiger partial charge in [-0.2, -0.15) is 0 Å². The van der Waals surface area contributed by atoms with Crippen molar-refractivity contribution in [1.82, 2.24) is 0 Å². The van der Waals surface area contributed by atoms with Crippen molar-refractivity contribution in [3.8, 4) is 0 Å². The van der Waals surface area contributed by atoms with Crippen molar-refractivity contribution in [2.75, 3.05) is 6.61 Å². The summed E-state index contributed by atoms with van der Waals surface area (Å²) < 4.78 is 0. The Kier molecular flexibility index (Phi) is 4.50. The van der Waals surface area contributed by atoms with E-state index < -0.39 is 0 Å². The number of hydrogen-bond acceptors (Lipinski definition) is 2. The van der Waals surface area contributed by atoms with Crippen LogP contribution in [0.4, 0.5) is 0 Å². The molecular weight excluding hydrogens is 212 g/mol. The van der Waals surface area contributed by atoms with Gasteiger partial charge in [0.15, 0.2) is 0 Å². The summed E-state index contributed by atoms with van der Waals surface area (Å²) in [4.78, 5) is 10.8. The Morgan fingerprint density at radius 2 is 2.29 bits per heavy atom. The molecule has 0 amide bonds. The first kappa shape index (κ1) is 14.0. The van der Waals surface area contributed by atoms with Crippen LogP contribution in [0.2, 0.25) is 0 Å². The summed E-state index contributed by atoms with van der Waals surface area (Å²) in [5, 5.41) is 9.15. The van der Waals surface area contributed by atoms with E-state index in [9.17, 15) is 4.79 Å². The second kappa shape index (κ2) is 5.48. The van der Waals surface area contributed by atoms with Gasteiger partial charge in [-0.1, -0.05) is 25.2 Å². The zero-order valence-corrected chi connectivity index (χ0v) is 10.8. The van der Waals surface area contributed by atoms with Crippen LogP contribution in [-0.2, 0) is 4.79 Å². The number of aliphatic hydroxyl groups excluding tert-OH is 1. The second-order valence-corrected chi connectivity index (χ2v) is 5.37. The van der Waals surface area contributed by atoms with Crippen molar-refractivity contribution in [3.05, 3.63) is 30.4 Å². The van der Waals surface area contributed by atoms with Crippen LogP contribution in [0, 0.1) is 17.3 Å². The van der Waals surface area contributed by atoms with E-state index in [-0.39, 0.29) is 17.9 Å². The number of aliphatic hydroxyl groups is 1. The van der Waals surface area contributed by atoms with Crippen molar-refractivity contribution >= 4 is 5.94 Å². The molecule has 0 aromatic rings. The first-order chi connectivity index (χ1) is 7.98. The van der Waals surface area contributed by atoms with Gasteiger partial charge in [-0.05, 0) is 43.4 Å². The van der Waals surface area contributed by atoms with E-state index in [2.05, 4.69) is 20.1 Å². The smallest absolute Gasteiger partial charge is 0.126 e. The van der Waals surface area contributed by atoms with Crippen molar-refractivity contribution in [2.45, 2.75) is 33.1 Å². The van der Waals surface area contributed by atoms with Crippen molar-refractivity contribution in [3.63, 3.8) is 0 Å². The molecular formula is C15H22O2. The Labute approximate surface area is 104 Å². The Morgan fingerprint density at radius 1 is 1.65 bits per heavy atom. The van der Waals surface area contributed by atoms with E-state index in [0.29, 0.717) is 11.5 Å². The molecule has 1 rings (SSSR count). The van der Waals surface area contributed by atoms with Gasteiger partial charge in [0.05, 0.1) is 6.61 Å². The van der Waals surface area contributed by atoms with Crippen molar-refractivity contribution in [2.24, 2.45) is 17.3 Å². The van der Waals surface area contributed by atoms with E-state index >= 15 is 0 Å². The van der Waals surface area contributed by atoms with Gasteiger partial charge in [0.1, 0.15) is 5.94 Å². The molecule has 2 heteroatoms. The quantitative estimate of drug-likeness (QED) is 0.600. The molecule has 1 aliphatic rings. The van der Waals surface area contributed by atoms with E-state index in [1.807, 2.05) is 18.9 Å². The predicted molar refractivity (Wildman–Crippen MR) is 70.2 cm³/mol. The van der Waals surface area contributed by atoms with Gasteiger partial charge in [-0.15, -0.1) is 6.58 Å². The molecule has 0 aromatic carbocycles. The lowest BCUT2D eigenvalue weighted by atomic mass is 9.61. The number of carbonyl (C=O) groups excluding carboxylic acids is 1. The lowest BCUT2D eigenvalue weighted by molar-refractivity contribution is 0.161. The molecule has 0 saturated heterocycles. The Morgan fingerprint density at radius 3 is 2.71 bits per heavy atom.